The van der Waals surface area contributed by atoms with Crippen molar-refractivity contribution in [1.29, 1.82) is 0 Å². The van der Waals surface area contributed by atoms with E-state index in [1.54, 1.807) is 24.3 Å². The molecule has 1 aliphatic heterocycles. The van der Waals surface area contributed by atoms with Crippen LogP contribution in [0.4, 0.5) is 5.69 Å². The van der Waals surface area contributed by atoms with Gasteiger partial charge in [-0.15, -0.1) is 0 Å². The molecule has 1 aliphatic rings. The monoisotopic (exact) mass is 435 g/mol. The third-order valence-electron chi connectivity index (χ3n) is 5.12. The molecule has 0 amide bonds. The molecule has 31 heavy (non-hydrogen) atoms. The summed E-state index contributed by atoms with van der Waals surface area (Å²) in [5.41, 5.74) is 4.08. The van der Waals surface area contributed by atoms with Gasteiger partial charge in [-0.05, 0) is 41.0 Å². The number of likely N-dealkylation sites (N-methyl/N-ethyl adjacent to an activating group) is 1. The summed E-state index contributed by atoms with van der Waals surface area (Å²) in [5.74, 6) is 1.50. The van der Waals surface area contributed by atoms with Crippen molar-refractivity contribution in [1.82, 2.24) is 4.90 Å². The predicted octanol–water partition coefficient (Wildman–Crippen LogP) is 4.07. The van der Waals surface area contributed by atoms with Crippen LogP contribution >= 0.6 is 0 Å². The number of fused-ring (bicyclic) bond motifs is 1. The molecule has 0 aliphatic carbocycles. The van der Waals surface area contributed by atoms with Gasteiger partial charge in [-0.3, -0.25) is 9.71 Å². The summed E-state index contributed by atoms with van der Waals surface area (Å²) < 4.78 is 31.2. The van der Waals surface area contributed by atoms with E-state index < -0.39 is 10.0 Å². The molecule has 4 rings (SSSR count). The number of rotatable bonds is 6. The summed E-state index contributed by atoms with van der Waals surface area (Å²) >= 11 is 0. The Bertz CT molecular complexity index is 1180. The van der Waals surface area contributed by atoms with Crippen molar-refractivity contribution in [3.63, 3.8) is 0 Å². The first-order valence-electron chi connectivity index (χ1n) is 10.0. The van der Waals surface area contributed by atoms with E-state index in [2.05, 4.69) is 46.0 Å². The van der Waals surface area contributed by atoms with Gasteiger partial charge in [0.25, 0.3) is 0 Å². The maximum atomic E-state index is 11.4. The fourth-order valence-electron chi connectivity index (χ4n) is 3.63. The van der Waals surface area contributed by atoms with E-state index in [1.807, 2.05) is 25.2 Å². The first kappa shape index (κ1) is 20.9. The fraction of sp³-hybridized carbons (Fsp3) is 0.208. The molecule has 0 bridgehead atoms. The van der Waals surface area contributed by atoms with Crippen molar-refractivity contribution in [2.24, 2.45) is 4.99 Å². The molecular formula is C24H25N3O3S. The predicted molar refractivity (Wildman–Crippen MR) is 124 cm³/mol. The second kappa shape index (κ2) is 8.81. The van der Waals surface area contributed by atoms with Crippen LogP contribution < -0.4 is 9.46 Å². The number of nitrogens with zero attached hydrogens (tertiary/aromatic N) is 2. The highest BCUT2D eigenvalue weighted by Gasteiger charge is 2.23. The van der Waals surface area contributed by atoms with E-state index in [0.717, 1.165) is 24.2 Å². The van der Waals surface area contributed by atoms with Crippen LogP contribution in [0.1, 0.15) is 22.7 Å². The number of anilines is 1. The number of hydrogen-bond donors (Lipinski definition) is 1. The Kier molecular flexibility index (Phi) is 5.95. The molecule has 3 aromatic carbocycles. The quantitative estimate of drug-likeness (QED) is 0.634. The number of benzene rings is 3. The van der Waals surface area contributed by atoms with Crippen molar-refractivity contribution in [2.75, 3.05) is 24.6 Å². The van der Waals surface area contributed by atoms with Crippen LogP contribution in [0.2, 0.25) is 0 Å². The summed E-state index contributed by atoms with van der Waals surface area (Å²) in [6.07, 6.45) is 1.12. The second-order valence-corrected chi connectivity index (χ2v) is 9.35. The fourth-order valence-corrected chi connectivity index (χ4v) is 4.19. The molecule has 0 saturated carbocycles. The average Bonchev–Trinajstić information content (AvgIpc) is 2.89. The largest absolute Gasteiger partial charge is 0.486 e. The van der Waals surface area contributed by atoms with Crippen molar-refractivity contribution >= 4 is 21.5 Å². The molecule has 1 atom stereocenters. The Hall–Kier alpha value is -3.32. The lowest BCUT2D eigenvalue weighted by molar-refractivity contribution is 0.349. The zero-order valence-corrected chi connectivity index (χ0v) is 18.3. The lowest BCUT2D eigenvalue weighted by Crippen LogP contribution is -2.30. The third kappa shape index (κ3) is 5.24. The molecule has 0 saturated heterocycles. The first-order chi connectivity index (χ1) is 14.9. The highest BCUT2D eigenvalue weighted by molar-refractivity contribution is 7.92. The molecule has 0 radical (unpaired) electrons. The summed E-state index contributed by atoms with van der Waals surface area (Å²) in [4.78, 5) is 7.19. The van der Waals surface area contributed by atoms with Gasteiger partial charge in [-0.1, -0.05) is 54.6 Å². The molecule has 1 heterocycles. The second-order valence-electron chi connectivity index (χ2n) is 7.60. The van der Waals surface area contributed by atoms with Gasteiger partial charge in [0.2, 0.25) is 10.0 Å². The number of nitrogens with one attached hydrogen (secondary N) is 1. The number of sulfonamides is 1. The Balaban J connectivity index is 1.57. The van der Waals surface area contributed by atoms with Crippen LogP contribution in [0.3, 0.4) is 0 Å². The highest BCUT2D eigenvalue weighted by Crippen LogP contribution is 2.32. The maximum absolute atomic E-state index is 11.4. The van der Waals surface area contributed by atoms with Crippen molar-refractivity contribution in [3.05, 3.63) is 95.6 Å². The van der Waals surface area contributed by atoms with E-state index in [4.69, 9.17) is 9.73 Å². The maximum Gasteiger partial charge on any atom is 0.229 e. The summed E-state index contributed by atoms with van der Waals surface area (Å²) in [6.45, 7) is 1.06. The normalized spacial score (nSPS) is 16.1. The topological polar surface area (TPSA) is 71.0 Å². The molecular weight excluding hydrogens is 410 g/mol. The Morgan fingerprint density at radius 2 is 1.68 bits per heavy atom. The van der Waals surface area contributed by atoms with Crippen molar-refractivity contribution in [3.8, 4) is 5.75 Å². The number of amidine groups is 1. The lowest BCUT2D eigenvalue weighted by Gasteiger charge is -2.20. The van der Waals surface area contributed by atoms with Gasteiger partial charge >= 0.3 is 0 Å². The average molecular weight is 436 g/mol. The van der Waals surface area contributed by atoms with E-state index >= 15 is 0 Å². The van der Waals surface area contributed by atoms with E-state index in [9.17, 15) is 8.42 Å². The Morgan fingerprint density at radius 1 is 1.00 bits per heavy atom. The molecule has 7 heteroatoms. The van der Waals surface area contributed by atoms with Gasteiger partial charge in [0.15, 0.2) is 0 Å². The molecule has 6 nitrogen and oxygen atoms in total. The molecule has 0 spiro atoms. The minimum atomic E-state index is -3.31. The molecule has 0 fully saturated rings. The van der Waals surface area contributed by atoms with Crippen LogP contribution in [-0.2, 0) is 16.6 Å². The zero-order chi connectivity index (χ0) is 21.8. The van der Waals surface area contributed by atoms with Crippen LogP contribution in [0.5, 0.6) is 5.75 Å². The highest BCUT2D eigenvalue weighted by atomic mass is 32.2. The summed E-state index contributed by atoms with van der Waals surface area (Å²) in [7, 11) is -1.29. The van der Waals surface area contributed by atoms with Gasteiger partial charge in [0, 0.05) is 19.3 Å². The Labute approximate surface area is 183 Å². The van der Waals surface area contributed by atoms with Crippen LogP contribution in [0.15, 0.2) is 83.9 Å². The lowest BCUT2D eigenvalue weighted by atomic mass is 9.95. The van der Waals surface area contributed by atoms with Crippen molar-refractivity contribution in [2.45, 2.75) is 12.6 Å². The first-order valence-corrected chi connectivity index (χ1v) is 11.9. The van der Waals surface area contributed by atoms with Gasteiger partial charge in [0.1, 0.15) is 24.2 Å². The van der Waals surface area contributed by atoms with Crippen LogP contribution in [0.25, 0.3) is 0 Å². The molecule has 1 N–H and O–H groups in total. The van der Waals surface area contributed by atoms with Crippen LogP contribution in [-0.4, -0.2) is 39.1 Å². The van der Waals surface area contributed by atoms with Gasteiger partial charge in [-0.2, -0.15) is 0 Å². The number of aliphatic imine (C=N–C) groups is 1. The van der Waals surface area contributed by atoms with Gasteiger partial charge in [-0.25, -0.2) is 8.42 Å². The number of ether oxygens (including phenoxy) is 1. The van der Waals surface area contributed by atoms with Gasteiger partial charge in [0.05, 0.1) is 6.26 Å². The minimum Gasteiger partial charge on any atom is -0.486 e. The van der Waals surface area contributed by atoms with Crippen LogP contribution in [0, 0.1) is 0 Å². The minimum absolute atomic E-state index is 0.0951. The van der Waals surface area contributed by atoms with E-state index in [-0.39, 0.29) is 6.04 Å². The standard InChI is InChI=1S/C24H25N3O3S/c1-27-16-19-10-6-7-11-22(19)24(18-8-4-3-5-9-18)25-23(27)17-30-21-14-12-20(13-15-21)26-31(2,28)29/h3-15,24,26H,16-17H2,1-2H3. The van der Waals surface area contributed by atoms with Gasteiger partial charge < -0.3 is 9.64 Å². The zero-order valence-electron chi connectivity index (χ0n) is 17.5. The third-order valence-corrected chi connectivity index (χ3v) is 5.72. The summed E-state index contributed by atoms with van der Waals surface area (Å²) in [5, 5.41) is 0. The molecule has 160 valence electrons. The SMILES string of the molecule is CN1Cc2ccccc2C(c2ccccc2)N=C1COc1ccc(NS(C)(=O)=O)cc1. The Morgan fingerprint density at radius 3 is 2.39 bits per heavy atom. The van der Waals surface area contributed by atoms with Crippen molar-refractivity contribution < 1.29 is 13.2 Å². The smallest absolute Gasteiger partial charge is 0.229 e. The molecule has 3 aromatic rings. The summed E-state index contributed by atoms with van der Waals surface area (Å²) in [6, 6.07) is 25.4. The van der Waals surface area contributed by atoms with E-state index in [0.29, 0.717) is 18.0 Å². The molecule has 0 aromatic heterocycles. The number of hydrogen-bond acceptors (Lipinski definition) is 5. The van der Waals surface area contributed by atoms with E-state index in [1.165, 1.54) is 11.1 Å². The molecule has 1 unspecified atom stereocenters.